The summed E-state index contributed by atoms with van der Waals surface area (Å²) in [6.45, 7) is -0.368. The molecule has 9 nitrogen and oxygen atoms in total. The van der Waals surface area contributed by atoms with Gasteiger partial charge in [0.15, 0.2) is 6.04 Å². The fourth-order valence-corrected chi connectivity index (χ4v) is 0.910. The fourth-order valence-electron chi connectivity index (χ4n) is 0.910. The SMILES string of the molecule is COCCNC(=O)CNC(=O)NC(CO)C(=O)O. The molecule has 0 rings (SSSR count). The Labute approximate surface area is 103 Å². The predicted octanol–water partition coefficient (Wildman–Crippen LogP) is -2.51. The van der Waals surface area contributed by atoms with E-state index in [4.69, 9.17) is 14.9 Å². The molecule has 0 heterocycles. The molecule has 0 fully saturated rings. The molecule has 5 N–H and O–H groups in total. The number of aliphatic hydroxyl groups excluding tert-OH is 1. The highest BCUT2D eigenvalue weighted by Crippen LogP contribution is 1.81. The second-order valence-electron chi connectivity index (χ2n) is 3.24. The Bertz CT molecular complexity index is 296. The number of ether oxygens (including phenoxy) is 1. The quantitative estimate of drug-likeness (QED) is 0.307. The molecule has 3 amide bonds. The van der Waals surface area contributed by atoms with Crippen molar-refractivity contribution in [2.24, 2.45) is 0 Å². The second-order valence-corrected chi connectivity index (χ2v) is 3.24. The molecule has 0 radical (unpaired) electrons. The zero-order chi connectivity index (χ0) is 14.0. The number of carboxylic acids is 1. The number of aliphatic hydroxyl groups is 1. The number of nitrogens with one attached hydrogen (secondary N) is 3. The smallest absolute Gasteiger partial charge is 0.328 e. The summed E-state index contributed by atoms with van der Waals surface area (Å²) >= 11 is 0. The average Bonchev–Trinajstić information content (AvgIpc) is 2.33. The van der Waals surface area contributed by atoms with E-state index in [9.17, 15) is 14.4 Å². The van der Waals surface area contributed by atoms with E-state index in [1.807, 2.05) is 5.32 Å². The van der Waals surface area contributed by atoms with Crippen molar-refractivity contribution in [1.29, 1.82) is 0 Å². The van der Waals surface area contributed by atoms with Gasteiger partial charge in [-0.05, 0) is 0 Å². The summed E-state index contributed by atoms with van der Waals surface area (Å²) in [6.07, 6.45) is 0. The van der Waals surface area contributed by atoms with Crippen molar-refractivity contribution < 1.29 is 29.3 Å². The summed E-state index contributed by atoms with van der Waals surface area (Å²) in [5, 5.41) is 23.8. The van der Waals surface area contributed by atoms with Gasteiger partial charge in [-0.3, -0.25) is 4.79 Å². The van der Waals surface area contributed by atoms with Crippen molar-refractivity contribution in [2.75, 3.05) is 33.4 Å². The third kappa shape index (κ3) is 7.41. The lowest BCUT2D eigenvalue weighted by Gasteiger charge is -2.12. The molecule has 0 aliphatic carbocycles. The summed E-state index contributed by atoms with van der Waals surface area (Å²) in [5.74, 6) is -1.80. The van der Waals surface area contributed by atoms with E-state index in [2.05, 4.69) is 10.6 Å². The number of carboxylic acid groups (broad SMARTS) is 1. The summed E-state index contributed by atoms with van der Waals surface area (Å²) in [5.41, 5.74) is 0. The molecule has 0 aliphatic rings. The van der Waals surface area contributed by atoms with Crippen LogP contribution in [0.3, 0.4) is 0 Å². The van der Waals surface area contributed by atoms with E-state index >= 15 is 0 Å². The minimum absolute atomic E-state index is 0.298. The zero-order valence-electron chi connectivity index (χ0n) is 9.93. The molecule has 0 spiro atoms. The van der Waals surface area contributed by atoms with Crippen molar-refractivity contribution in [3.63, 3.8) is 0 Å². The summed E-state index contributed by atoms with van der Waals surface area (Å²) in [7, 11) is 1.48. The number of carbonyl (C=O) groups is 3. The first-order chi connectivity index (χ1) is 8.51. The van der Waals surface area contributed by atoms with Gasteiger partial charge in [0.1, 0.15) is 0 Å². The van der Waals surface area contributed by atoms with Gasteiger partial charge in [0.05, 0.1) is 19.8 Å². The zero-order valence-corrected chi connectivity index (χ0v) is 9.93. The monoisotopic (exact) mass is 263 g/mol. The highest BCUT2D eigenvalue weighted by atomic mass is 16.5. The number of rotatable bonds is 8. The van der Waals surface area contributed by atoms with E-state index in [0.29, 0.717) is 13.2 Å². The highest BCUT2D eigenvalue weighted by molar-refractivity contribution is 5.86. The molecular formula is C9H17N3O6. The maximum atomic E-state index is 11.1. The fraction of sp³-hybridized carbons (Fsp3) is 0.667. The van der Waals surface area contributed by atoms with E-state index in [0.717, 1.165) is 0 Å². The molecule has 104 valence electrons. The average molecular weight is 263 g/mol. The molecule has 0 aromatic carbocycles. The number of hydrogen-bond acceptors (Lipinski definition) is 5. The molecule has 9 heteroatoms. The van der Waals surface area contributed by atoms with E-state index in [-0.39, 0.29) is 6.54 Å². The Hall–Kier alpha value is -1.87. The summed E-state index contributed by atoms with van der Waals surface area (Å²) < 4.78 is 4.70. The van der Waals surface area contributed by atoms with Gasteiger partial charge >= 0.3 is 12.0 Å². The Morgan fingerprint density at radius 2 is 1.94 bits per heavy atom. The largest absolute Gasteiger partial charge is 0.480 e. The molecule has 0 saturated heterocycles. The number of hydrogen-bond donors (Lipinski definition) is 5. The number of amides is 3. The first-order valence-electron chi connectivity index (χ1n) is 5.15. The second kappa shape index (κ2) is 9.19. The topological polar surface area (TPSA) is 137 Å². The van der Waals surface area contributed by atoms with Gasteiger partial charge < -0.3 is 30.9 Å². The van der Waals surface area contributed by atoms with Crippen LogP contribution in [0.4, 0.5) is 4.79 Å². The first-order valence-corrected chi connectivity index (χ1v) is 5.15. The van der Waals surface area contributed by atoms with Gasteiger partial charge in [-0.25, -0.2) is 9.59 Å². The van der Waals surface area contributed by atoms with E-state index in [1.54, 1.807) is 0 Å². The Balaban J connectivity index is 3.82. The third-order valence-electron chi connectivity index (χ3n) is 1.82. The van der Waals surface area contributed by atoms with Crippen molar-refractivity contribution in [1.82, 2.24) is 16.0 Å². The Morgan fingerprint density at radius 1 is 1.28 bits per heavy atom. The van der Waals surface area contributed by atoms with Gasteiger partial charge in [-0.15, -0.1) is 0 Å². The Kier molecular flexibility index (Phi) is 8.24. The molecule has 0 aromatic rings. The molecule has 18 heavy (non-hydrogen) atoms. The van der Waals surface area contributed by atoms with Crippen LogP contribution in [0.15, 0.2) is 0 Å². The van der Waals surface area contributed by atoms with Gasteiger partial charge in [-0.1, -0.05) is 0 Å². The summed E-state index contributed by atoms with van der Waals surface area (Å²) in [4.78, 5) is 32.8. The number of aliphatic carboxylic acids is 1. The predicted molar refractivity (Wildman–Crippen MR) is 59.9 cm³/mol. The van der Waals surface area contributed by atoms with Crippen molar-refractivity contribution in [2.45, 2.75) is 6.04 Å². The molecule has 0 saturated carbocycles. The number of methoxy groups -OCH3 is 1. The lowest BCUT2D eigenvalue weighted by atomic mass is 10.3. The van der Waals surface area contributed by atoms with Crippen LogP contribution in [0, 0.1) is 0 Å². The van der Waals surface area contributed by atoms with Gasteiger partial charge in [0.25, 0.3) is 0 Å². The van der Waals surface area contributed by atoms with Crippen LogP contribution in [0.2, 0.25) is 0 Å². The van der Waals surface area contributed by atoms with Crippen LogP contribution >= 0.6 is 0 Å². The Morgan fingerprint density at radius 3 is 2.44 bits per heavy atom. The summed E-state index contributed by atoms with van der Waals surface area (Å²) in [6, 6.07) is -2.25. The molecule has 0 aromatic heterocycles. The maximum absolute atomic E-state index is 11.1. The molecule has 0 aliphatic heterocycles. The molecular weight excluding hydrogens is 246 g/mol. The third-order valence-corrected chi connectivity index (χ3v) is 1.82. The van der Waals surface area contributed by atoms with Crippen LogP contribution in [0.5, 0.6) is 0 Å². The molecule has 1 unspecified atom stereocenters. The highest BCUT2D eigenvalue weighted by Gasteiger charge is 2.18. The van der Waals surface area contributed by atoms with Gasteiger partial charge in [0.2, 0.25) is 5.91 Å². The van der Waals surface area contributed by atoms with E-state index < -0.39 is 30.6 Å². The maximum Gasteiger partial charge on any atom is 0.328 e. The van der Waals surface area contributed by atoms with Crippen LogP contribution in [0.25, 0.3) is 0 Å². The van der Waals surface area contributed by atoms with E-state index in [1.165, 1.54) is 7.11 Å². The van der Waals surface area contributed by atoms with Gasteiger partial charge in [0, 0.05) is 13.7 Å². The first kappa shape index (κ1) is 16.1. The van der Waals surface area contributed by atoms with Crippen LogP contribution < -0.4 is 16.0 Å². The molecule has 0 bridgehead atoms. The van der Waals surface area contributed by atoms with Crippen molar-refractivity contribution in [3.05, 3.63) is 0 Å². The standard InChI is InChI=1S/C9H17N3O6/c1-18-3-2-10-7(14)4-11-9(17)12-6(5-13)8(15)16/h6,13H,2-5H2,1H3,(H,10,14)(H,15,16)(H2,11,12,17). The van der Waals surface area contributed by atoms with Crippen molar-refractivity contribution in [3.8, 4) is 0 Å². The molecule has 1 atom stereocenters. The van der Waals surface area contributed by atoms with Gasteiger partial charge in [-0.2, -0.15) is 0 Å². The van der Waals surface area contributed by atoms with Crippen molar-refractivity contribution >= 4 is 17.9 Å². The lowest BCUT2D eigenvalue weighted by molar-refractivity contribution is -0.140. The van der Waals surface area contributed by atoms with Crippen LogP contribution in [-0.4, -0.2) is 67.6 Å². The van der Waals surface area contributed by atoms with Crippen LogP contribution in [0.1, 0.15) is 0 Å². The minimum atomic E-state index is -1.40. The van der Waals surface area contributed by atoms with Crippen LogP contribution in [-0.2, 0) is 14.3 Å². The minimum Gasteiger partial charge on any atom is -0.480 e. The normalized spacial score (nSPS) is 11.4. The number of urea groups is 1. The number of carbonyl (C=O) groups excluding carboxylic acids is 2. The lowest BCUT2D eigenvalue weighted by Crippen LogP contribution is -2.50.